The quantitative estimate of drug-likeness (QED) is 0.279. The van der Waals surface area contributed by atoms with Crippen LogP contribution in [0.25, 0.3) is 0 Å². The molecule has 0 aliphatic heterocycles. The van der Waals surface area contributed by atoms with Gasteiger partial charge in [-0.1, -0.05) is 76.9 Å². The second-order valence-electron chi connectivity index (χ2n) is 5.66. The van der Waals surface area contributed by atoms with Crippen molar-refractivity contribution in [3.8, 4) is 0 Å². The molecule has 122 valence electrons. The van der Waals surface area contributed by atoms with E-state index in [-0.39, 0.29) is 6.15 Å². The van der Waals surface area contributed by atoms with E-state index in [1.807, 2.05) is 0 Å². The van der Waals surface area contributed by atoms with Crippen LogP contribution in [0.4, 0.5) is 0 Å². The maximum Gasteiger partial charge on any atom is 0.0431 e. The molecule has 2 nitrogen and oxygen atoms in total. The Kier molecular flexibility index (Phi) is 23.0. The predicted molar refractivity (Wildman–Crippen MR) is 91.6 cm³/mol. The number of rotatable bonds is 15. The zero-order valence-corrected chi connectivity index (χ0v) is 13.9. The summed E-state index contributed by atoms with van der Waals surface area (Å²) in [4.78, 5) is 0. The van der Waals surface area contributed by atoms with Gasteiger partial charge in [-0.25, -0.2) is 0 Å². The Morgan fingerprint density at radius 1 is 0.600 bits per heavy atom. The molecule has 0 bridgehead atoms. The van der Waals surface area contributed by atoms with Crippen LogP contribution in [0.3, 0.4) is 0 Å². The lowest BCUT2D eigenvalue weighted by atomic mass is 10.1. The maximum absolute atomic E-state index is 8.66. The summed E-state index contributed by atoms with van der Waals surface area (Å²) in [6, 6.07) is 0. The van der Waals surface area contributed by atoms with Crippen molar-refractivity contribution in [1.29, 1.82) is 0 Å². The van der Waals surface area contributed by atoms with E-state index in [2.05, 4.69) is 19.1 Å². The monoisotopic (exact) mass is 285 g/mol. The second-order valence-corrected chi connectivity index (χ2v) is 5.66. The molecule has 4 N–H and O–H groups in total. The van der Waals surface area contributed by atoms with Gasteiger partial charge in [-0.2, -0.15) is 0 Å². The van der Waals surface area contributed by atoms with Gasteiger partial charge in [-0.3, -0.25) is 0 Å². The number of aliphatic hydroxyl groups excluding tert-OH is 1. The minimum atomic E-state index is 0. The number of aliphatic hydroxyl groups is 1. The summed E-state index contributed by atoms with van der Waals surface area (Å²) in [6.45, 7) is 2.64. The number of allylic oxidation sites excluding steroid dienone is 2. The van der Waals surface area contributed by atoms with E-state index in [0.29, 0.717) is 6.61 Å². The first kappa shape index (κ1) is 21.9. The van der Waals surface area contributed by atoms with Crippen LogP contribution in [0.1, 0.15) is 96.8 Å². The highest BCUT2D eigenvalue weighted by Crippen LogP contribution is 2.09. The van der Waals surface area contributed by atoms with Gasteiger partial charge in [0.05, 0.1) is 0 Å². The molecule has 0 unspecified atom stereocenters. The Hall–Kier alpha value is -0.340. The largest absolute Gasteiger partial charge is 0.396 e. The van der Waals surface area contributed by atoms with E-state index < -0.39 is 0 Å². The van der Waals surface area contributed by atoms with Crippen molar-refractivity contribution in [2.45, 2.75) is 96.8 Å². The first-order valence-electron chi connectivity index (χ1n) is 8.67. The number of hydrogen-bond acceptors (Lipinski definition) is 2. The summed E-state index contributed by atoms with van der Waals surface area (Å²) in [5, 5.41) is 8.66. The van der Waals surface area contributed by atoms with Gasteiger partial charge in [0.25, 0.3) is 0 Å². The molecule has 0 aromatic heterocycles. The molecule has 0 amide bonds. The standard InChI is InChI=1S/C18H36O.H3N/c1-2-3-4-5-6-7-8-9-10-11-12-13-14-15-16-17-18-19;/h9-10,19H,2-8,11-18H2,1H3;1H3/b10-9+;. The van der Waals surface area contributed by atoms with Crippen molar-refractivity contribution >= 4 is 0 Å². The lowest BCUT2D eigenvalue weighted by Gasteiger charge is -1.99. The van der Waals surface area contributed by atoms with Crippen molar-refractivity contribution < 1.29 is 5.11 Å². The fraction of sp³-hybridized carbons (Fsp3) is 0.889. The lowest BCUT2D eigenvalue weighted by Crippen LogP contribution is -1.83. The fourth-order valence-corrected chi connectivity index (χ4v) is 2.36. The summed E-state index contributed by atoms with van der Waals surface area (Å²) in [6.07, 6.45) is 23.2. The smallest absolute Gasteiger partial charge is 0.0431 e. The zero-order chi connectivity index (χ0) is 14.0. The van der Waals surface area contributed by atoms with Crippen LogP contribution in [0, 0.1) is 0 Å². The van der Waals surface area contributed by atoms with E-state index in [1.165, 1.54) is 83.5 Å². The van der Waals surface area contributed by atoms with Gasteiger partial charge in [0.2, 0.25) is 0 Å². The SMILES string of the molecule is CCCCCCCC/C=C/CCCCCCCCO.N. The molecule has 0 aliphatic rings. The second kappa shape index (κ2) is 21.0. The van der Waals surface area contributed by atoms with Crippen LogP contribution in [-0.4, -0.2) is 11.7 Å². The van der Waals surface area contributed by atoms with E-state index in [9.17, 15) is 0 Å². The summed E-state index contributed by atoms with van der Waals surface area (Å²) < 4.78 is 0. The number of unbranched alkanes of at least 4 members (excludes halogenated alkanes) is 12. The van der Waals surface area contributed by atoms with Crippen LogP contribution in [0.2, 0.25) is 0 Å². The van der Waals surface area contributed by atoms with Gasteiger partial charge < -0.3 is 11.3 Å². The highest BCUT2D eigenvalue weighted by Gasteiger charge is 1.90. The van der Waals surface area contributed by atoms with Crippen molar-refractivity contribution in [3.63, 3.8) is 0 Å². The van der Waals surface area contributed by atoms with E-state index in [4.69, 9.17) is 5.11 Å². The molecule has 20 heavy (non-hydrogen) atoms. The summed E-state index contributed by atoms with van der Waals surface area (Å²) in [5.74, 6) is 0. The Morgan fingerprint density at radius 2 is 1.00 bits per heavy atom. The molecule has 0 heterocycles. The molecule has 0 fully saturated rings. The van der Waals surface area contributed by atoms with Crippen LogP contribution >= 0.6 is 0 Å². The molecule has 0 rings (SSSR count). The first-order valence-corrected chi connectivity index (χ1v) is 8.67. The third-order valence-electron chi connectivity index (χ3n) is 3.67. The lowest BCUT2D eigenvalue weighted by molar-refractivity contribution is 0.282. The Labute approximate surface area is 127 Å². The highest BCUT2D eigenvalue weighted by atomic mass is 16.2. The van der Waals surface area contributed by atoms with Gasteiger partial charge in [0.1, 0.15) is 0 Å². The fourth-order valence-electron chi connectivity index (χ4n) is 2.36. The molecule has 0 aliphatic carbocycles. The third kappa shape index (κ3) is 20.0. The van der Waals surface area contributed by atoms with Gasteiger partial charge in [-0.15, -0.1) is 0 Å². The average Bonchev–Trinajstić information content (AvgIpc) is 2.43. The van der Waals surface area contributed by atoms with Gasteiger partial charge in [0, 0.05) is 6.61 Å². The topological polar surface area (TPSA) is 55.2 Å². The van der Waals surface area contributed by atoms with Crippen LogP contribution in [-0.2, 0) is 0 Å². The molecule has 0 spiro atoms. The molecule has 0 saturated carbocycles. The minimum absolute atomic E-state index is 0. The average molecular weight is 286 g/mol. The maximum atomic E-state index is 8.66. The first-order chi connectivity index (χ1) is 9.41. The molecule has 2 heteroatoms. The van der Waals surface area contributed by atoms with Crippen LogP contribution in [0.15, 0.2) is 12.2 Å². The Balaban J connectivity index is 0. The molecule has 0 aromatic carbocycles. The van der Waals surface area contributed by atoms with Crippen LogP contribution < -0.4 is 6.15 Å². The zero-order valence-electron chi connectivity index (χ0n) is 13.9. The molecular formula is C18H39NO. The minimum Gasteiger partial charge on any atom is -0.396 e. The Bertz CT molecular complexity index is 180. The van der Waals surface area contributed by atoms with Gasteiger partial charge in [-0.05, 0) is 32.1 Å². The van der Waals surface area contributed by atoms with Crippen LogP contribution in [0.5, 0.6) is 0 Å². The van der Waals surface area contributed by atoms with Gasteiger partial charge >= 0.3 is 0 Å². The van der Waals surface area contributed by atoms with E-state index >= 15 is 0 Å². The van der Waals surface area contributed by atoms with Crippen molar-refractivity contribution in [2.75, 3.05) is 6.61 Å². The summed E-state index contributed by atoms with van der Waals surface area (Å²) in [7, 11) is 0. The summed E-state index contributed by atoms with van der Waals surface area (Å²) in [5.41, 5.74) is 0. The van der Waals surface area contributed by atoms with Crippen molar-refractivity contribution in [1.82, 2.24) is 6.15 Å². The Morgan fingerprint density at radius 3 is 1.45 bits per heavy atom. The summed E-state index contributed by atoms with van der Waals surface area (Å²) >= 11 is 0. The van der Waals surface area contributed by atoms with Crippen molar-refractivity contribution in [2.24, 2.45) is 0 Å². The normalized spacial score (nSPS) is 10.9. The molecule has 0 aromatic rings. The highest BCUT2D eigenvalue weighted by molar-refractivity contribution is 4.81. The molecule has 0 atom stereocenters. The predicted octanol–water partition coefficient (Wildman–Crippen LogP) is 6.18. The molecule has 0 radical (unpaired) electrons. The van der Waals surface area contributed by atoms with Crippen molar-refractivity contribution in [3.05, 3.63) is 12.2 Å². The van der Waals surface area contributed by atoms with E-state index in [1.54, 1.807) is 0 Å². The molecular weight excluding hydrogens is 246 g/mol. The van der Waals surface area contributed by atoms with Gasteiger partial charge in [0.15, 0.2) is 0 Å². The molecule has 0 saturated heterocycles. The van der Waals surface area contributed by atoms with E-state index in [0.717, 1.165) is 6.42 Å². The third-order valence-corrected chi connectivity index (χ3v) is 3.67. The number of hydrogen-bond donors (Lipinski definition) is 2.